The molecule has 0 unspecified atom stereocenters. The fraction of sp³-hybridized carbons (Fsp3) is 0.200. The Labute approximate surface area is 143 Å². The Hall–Kier alpha value is -2.88. The standard InChI is InChI=1S/C20H22N4/c1-4-16-10-8-9-14(2)19(16)24-20-21-15(3)13-18(23-20)22-17-11-6-5-7-12-17/h5-13H,4H2,1-3H3,(H2,21,22,23,24). The van der Waals surface area contributed by atoms with Gasteiger partial charge in [0.25, 0.3) is 0 Å². The van der Waals surface area contributed by atoms with Crippen LogP contribution in [0.25, 0.3) is 0 Å². The second-order valence-corrected chi connectivity index (χ2v) is 5.80. The van der Waals surface area contributed by atoms with Crippen LogP contribution >= 0.6 is 0 Å². The summed E-state index contributed by atoms with van der Waals surface area (Å²) in [5.41, 5.74) is 5.47. The number of nitrogens with one attached hydrogen (secondary N) is 2. The minimum Gasteiger partial charge on any atom is -0.340 e. The Kier molecular flexibility index (Phi) is 4.75. The van der Waals surface area contributed by atoms with Crippen molar-refractivity contribution in [2.24, 2.45) is 0 Å². The molecule has 0 saturated heterocycles. The molecule has 0 bridgehead atoms. The zero-order valence-electron chi connectivity index (χ0n) is 14.3. The third-order valence-corrected chi connectivity index (χ3v) is 3.88. The smallest absolute Gasteiger partial charge is 0.229 e. The zero-order chi connectivity index (χ0) is 16.9. The molecule has 1 aromatic heterocycles. The molecule has 0 radical (unpaired) electrons. The molecule has 3 aromatic rings. The molecule has 1 heterocycles. The second kappa shape index (κ2) is 7.13. The Balaban J connectivity index is 1.90. The summed E-state index contributed by atoms with van der Waals surface area (Å²) in [7, 11) is 0. The minimum absolute atomic E-state index is 0.609. The number of aryl methyl sites for hydroxylation is 3. The first-order valence-corrected chi connectivity index (χ1v) is 8.19. The first-order valence-electron chi connectivity index (χ1n) is 8.19. The molecule has 0 aliphatic rings. The SMILES string of the molecule is CCc1cccc(C)c1Nc1nc(C)cc(Nc2ccccc2)n1. The van der Waals surface area contributed by atoms with Crippen molar-refractivity contribution in [2.45, 2.75) is 27.2 Å². The summed E-state index contributed by atoms with van der Waals surface area (Å²) in [6.07, 6.45) is 0.963. The van der Waals surface area contributed by atoms with Gasteiger partial charge in [-0.3, -0.25) is 0 Å². The van der Waals surface area contributed by atoms with Crippen LogP contribution in [0.5, 0.6) is 0 Å². The monoisotopic (exact) mass is 318 g/mol. The topological polar surface area (TPSA) is 49.8 Å². The van der Waals surface area contributed by atoms with Crippen LogP contribution in [-0.4, -0.2) is 9.97 Å². The first-order chi connectivity index (χ1) is 11.7. The Morgan fingerprint density at radius 2 is 1.67 bits per heavy atom. The van der Waals surface area contributed by atoms with Crippen molar-refractivity contribution in [3.05, 3.63) is 71.4 Å². The van der Waals surface area contributed by atoms with E-state index in [1.165, 1.54) is 11.1 Å². The molecule has 122 valence electrons. The van der Waals surface area contributed by atoms with Crippen LogP contribution in [0, 0.1) is 13.8 Å². The number of nitrogens with zero attached hydrogens (tertiary/aromatic N) is 2. The van der Waals surface area contributed by atoms with Gasteiger partial charge in [0, 0.05) is 23.1 Å². The lowest BCUT2D eigenvalue weighted by Gasteiger charge is -2.14. The van der Waals surface area contributed by atoms with Crippen LogP contribution in [0.3, 0.4) is 0 Å². The van der Waals surface area contributed by atoms with E-state index in [0.29, 0.717) is 5.95 Å². The number of hydrogen-bond acceptors (Lipinski definition) is 4. The molecule has 4 nitrogen and oxygen atoms in total. The summed E-state index contributed by atoms with van der Waals surface area (Å²) in [6, 6.07) is 18.3. The highest BCUT2D eigenvalue weighted by Gasteiger charge is 2.08. The third-order valence-electron chi connectivity index (χ3n) is 3.88. The molecule has 4 heteroatoms. The lowest BCUT2D eigenvalue weighted by atomic mass is 10.1. The molecule has 2 N–H and O–H groups in total. The molecule has 2 aromatic carbocycles. The maximum atomic E-state index is 4.61. The van der Waals surface area contributed by atoms with Crippen LogP contribution in [-0.2, 0) is 6.42 Å². The highest BCUT2D eigenvalue weighted by molar-refractivity contribution is 5.65. The Morgan fingerprint density at radius 1 is 0.875 bits per heavy atom. The van der Waals surface area contributed by atoms with E-state index in [2.05, 4.69) is 52.6 Å². The molecular weight excluding hydrogens is 296 g/mol. The quantitative estimate of drug-likeness (QED) is 0.683. The van der Waals surface area contributed by atoms with Crippen molar-refractivity contribution >= 4 is 23.1 Å². The van der Waals surface area contributed by atoms with Gasteiger partial charge in [0.1, 0.15) is 5.82 Å². The van der Waals surface area contributed by atoms with E-state index in [0.717, 1.165) is 29.3 Å². The van der Waals surface area contributed by atoms with Crippen LogP contribution in [0.2, 0.25) is 0 Å². The molecule has 3 rings (SSSR count). The normalized spacial score (nSPS) is 10.5. The summed E-state index contributed by atoms with van der Waals surface area (Å²) in [5, 5.41) is 6.72. The van der Waals surface area contributed by atoms with E-state index in [9.17, 15) is 0 Å². The van der Waals surface area contributed by atoms with Crippen LogP contribution in [0.1, 0.15) is 23.7 Å². The number of aromatic nitrogens is 2. The van der Waals surface area contributed by atoms with Crippen molar-refractivity contribution < 1.29 is 0 Å². The van der Waals surface area contributed by atoms with E-state index in [-0.39, 0.29) is 0 Å². The van der Waals surface area contributed by atoms with E-state index in [1.54, 1.807) is 0 Å². The fourth-order valence-corrected chi connectivity index (χ4v) is 2.67. The molecule has 0 aliphatic heterocycles. The van der Waals surface area contributed by atoms with Crippen molar-refractivity contribution in [1.82, 2.24) is 9.97 Å². The lowest BCUT2D eigenvalue weighted by molar-refractivity contribution is 1.09. The van der Waals surface area contributed by atoms with Crippen molar-refractivity contribution in [1.29, 1.82) is 0 Å². The predicted molar refractivity (Wildman–Crippen MR) is 100 cm³/mol. The van der Waals surface area contributed by atoms with Gasteiger partial charge in [-0.2, -0.15) is 4.98 Å². The maximum Gasteiger partial charge on any atom is 0.229 e. The van der Waals surface area contributed by atoms with Gasteiger partial charge in [0.2, 0.25) is 5.95 Å². The van der Waals surface area contributed by atoms with Crippen molar-refractivity contribution in [3.8, 4) is 0 Å². The molecule has 0 fully saturated rings. The molecule has 0 spiro atoms. The number of rotatable bonds is 5. The zero-order valence-corrected chi connectivity index (χ0v) is 14.3. The van der Waals surface area contributed by atoms with Gasteiger partial charge in [-0.25, -0.2) is 4.98 Å². The summed E-state index contributed by atoms with van der Waals surface area (Å²) >= 11 is 0. The number of para-hydroxylation sites is 2. The minimum atomic E-state index is 0.609. The highest BCUT2D eigenvalue weighted by Crippen LogP contribution is 2.25. The van der Waals surface area contributed by atoms with Crippen molar-refractivity contribution in [3.63, 3.8) is 0 Å². The molecule has 0 atom stereocenters. The van der Waals surface area contributed by atoms with Gasteiger partial charge >= 0.3 is 0 Å². The van der Waals surface area contributed by atoms with E-state index >= 15 is 0 Å². The van der Waals surface area contributed by atoms with Gasteiger partial charge in [-0.05, 0) is 43.5 Å². The summed E-state index contributed by atoms with van der Waals surface area (Å²) in [4.78, 5) is 9.13. The molecule has 24 heavy (non-hydrogen) atoms. The lowest BCUT2D eigenvalue weighted by Crippen LogP contribution is -2.05. The summed E-state index contributed by atoms with van der Waals surface area (Å²) in [5.74, 6) is 1.39. The second-order valence-electron chi connectivity index (χ2n) is 5.80. The maximum absolute atomic E-state index is 4.61. The van der Waals surface area contributed by atoms with Gasteiger partial charge in [0.15, 0.2) is 0 Å². The largest absolute Gasteiger partial charge is 0.340 e. The average Bonchev–Trinajstić information content (AvgIpc) is 2.57. The van der Waals surface area contributed by atoms with Crippen molar-refractivity contribution in [2.75, 3.05) is 10.6 Å². The predicted octanol–water partition coefficient (Wildman–Crippen LogP) is 5.14. The van der Waals surface area contributed by atoms with Gasteiger partial charge < -0.3 is 10.6 Å². The highest BCUT2D eigenvalue weighted by atomic mass is 15.1. The molecule has 0 amide bonds. The van der Waals surface area contributed by atoms with Gasteiger partial charge in [-0.15, -0.1) is 0 Å². The van der Waals surface area contributed by atoms with E-state index in [4.69, 9.17) is 0 Å². The number of hydrogen-bond donors (Lipinski definition) is 2. The molecule has 0 saturated carbocycles. The summed E-state index contributed by atoms with van der Waals surface area (Å²) in [6.45, 7) is 6.22. The number of benzene rings is 2. The van der Waals surface area contributed by atoms with Gasteiger partial charge in [0.05, 0.1) is 0 Å². The number of anilines is 4. The fourth-order valence-electron chi connectivity index (χ4n) is 2.67. The van der Waals surface area contributed by atoms with Gasteiger partial charge in [-0.1, -0.05) is 43.3 Å². The molecular formula is C20H22N4. The Morgan fingerprint density at radius 3 is 2.42 bits per heavy atom. The van der Waals surface area contributed by atoms with Crippen LogP contribution < -0.4 is 10.6 Å². The molecule has 0 aliphatic carbocycles. The third kappa shape index (κ3) is 3.71. The van der Waals surface area contributed by atoms with E-state index in [1.807, 2.05) is 43.3 Å². The van der Waals surface area contributed by atoms with Crippen LogP contribution in [0.4, 0.5) is 23.1 Å². The Bertz CT molecular complexity index is 828. The van der Waals surface area contributed by atoms with Crippen LogP contribution in [0.15, 0.2) is 54.6 Å². The average molecular weight is 318 g/mol. The summed E-state index contributed by atoms with van der Waals surface area (Å²) < 4.78 is 0. The first kappa shape index (κ1) is 16.0. The van der Waals surface area contributed by atoms with E-state index < -0.39 is 0 Å².